The number of rotatable bonds is 4. The maximum absolute atomic E-state index is 12.0. The maximum atomic E-state index is 12.0. The molecule has 0 unspecified atom stereocenters. The zero-order valence-corrected chi connectivity index (χ0v) is 15.5. The summed E-state index contributed by atoms with van der Waals surface area (Å²) in [4.78, 5) is 12.0. The van der Waals surface area contributed by atoms with E-state index in [0.717, 1.165) is 22.6 Å². The fourth-order valence-corrected chi connectivity index (χ4v) is 2.11. The van der Waals surface area contributed by atoms with Gasteiger partial charge < -0.3 is 9.30 Å². The van der Waals surface area contributed by atoms with Crippen molar-refractivity contribution in [3.63, 3.8) is 0 Å². The van der Waals surface area contributed by atoms with Crippen LogP contribution in [0.2, 0.25) is 0 Å². The fraction of sp³-hybridized carbons (Fsp3) is 0.235. The number of ether oxygens (including phenoxy) is 1. The summed E-state index contributed by atoms with van der Waals surface area (Å²) < 4.78 is 7.13. The van der Waals surface area contributed by atoms with Crippen LogP contribution in [0.5, 0.6) is 5.75 Å². The molecule has 21 heavy (non-hydrogen) atoms. The van der Waals surface area contributed by atoms with Crippen molar-refractivity contribution in [3.05, 3.63) is 64.5 Å². The van der Waals surface area contributed by atoms with E-state index in [0.29, 0.717) is 12.2 Å². The molecule has 0 aliphatic heterocycles. The topological polar surface area (TPSA) is 31.2 Å². The Bertz CT molecular complexity index is 704. The number of hydrogen-bond donors (Lipinski definition) is 0. The third-order valence-corrected chi connectivity index (χ3v) is 3.22. The predicted octanol–water partition coefficient (Wildman–Crippen LogP) is 3.03. The summed E-state index contributed by atoms with van der Waals surface area (Å²) in [6.07, 6.45) is 1.71. The molecule has 2 rings (SSSR count). The Hall–Kier alpha value is -1.19. The number of pyridine rings is 1. The first-order valence-corrected chi connectivity index (χ1v) is 6.47. The molecule has 0 saturated carbocycles. The van der Waals surface area contributed by atoms with Crippen LogP contribution in [-0.2, 0) is 39.8 Å². The monoisotopic (exact) mass is 357 g/mol. The zero-order chi connectivity index (χ0) is 14.7. The minimum Gasteiger partial charge on any atom is -0.490 e. The van der Waals surface area contributed by atoms with E-state index >= 15 is 0 Å². The zero-order valence-electron chi connectivity index (χ0n) is 12.6. The average molecular weight is 357 g/mol. The summed E-state index contributed by atoms with van der Waals surface area (Å²) in [6.45, 7) is 7.89. The second-order valence-electron chi connectivity index (χ2n) is 4.76. The van der Waals surface area contributed by atoms with Gasteiger partial charge in [0.05, 0.1) is 0 Å². The van der Waals surface area contributed by atoms with Crippen LogP contribution in [0.1, 0.15) is 11.1 Å². The third-order valence-electron chi connectivity index (χ3n) is 3.22. The van der Waals surface area contributed by atoms with Crippen molar-refractivity contribution in [3.8, 4) is 17.0 Å². The molecule has 0 spiro atoms. The second kappa shape index (κ2) is 7.72. The number of aryl methyl sites for hydroxylation is 2. The summed E-state index contributed by atoms with van der Waals surface area (Å²) in [5, 5.41) is 0. The first kappa shape index (κ1) is 17.9. The molecule has 0 bridgehead atoms. The quantitative estimate of drug-likeness (QED) is 0.622. The summed E-state index contributed by atoms with van der Waals surface area (Å²) >= 11 is 0. The summed E-state index contributed by atoms with van der Waals surface area (Å²) in [7, 11) is 1.77. The van der Waals surface area contributed by atoms with E-state index in [1.54, 1.807) is 30.7 Å². The van der Waals surface area contributed by atoms with E-state index in [1.165, 1.54) is 0 Å². The van der Waals surface area contributed by atoms with Crippen LogP contribution in [0.15, 0.2) is 41.7 Å². The summed E-state index contributed by atoms with van der Waals surface area (Å²) in [6, 6.07) is 10.7. The van der Waals surface area contributed by atoms with E-state index in [-0.39, 0.29) is 38.3 Å². The standard InChI is InChI=1S/C17H18NO2.Y/c1-5-10-20-14-7-8-15(13(3)11-14)16-9-6-12(2)17(19)18(16)4;/h5-8,11H,1,10H2,2-4H3;/q-1;. The number of nitrogens with zero attached hydrogens (tertiary/aromatic N) is 1. The Balaban J connectivity index is 0.00000220. The molecule has 0 atom stereocenters. The molecule has 1 aromatic heterocycles. The van der Waals surface area contributed by atoms with Gasteiger partial charge in [0.2, 0.25) is 0 Å². The van der Waals surface area contributed by atoms with Crippen molar-refractivity contribution in [1.82, 2.24) is 4.57 Å². The van der Waals surface area contributed by atoms with Gasteiger partial charge in [0, 0.05) is 39.8 Å². The van der Waals surface area contributed by atoms with Crippen LogP contribution in [0.25, 0.3) is 11.3 Å². The van der Waals surface area contributed by atoms with Crippen LogP contribution in [0, 0.1) is 19.9 Å². The van der Waals surface area contributed by atoms with Crippen molar-refractivity contribution in [2.24, 2.45) is 7.05 Å². The SMILES string of the molecule is C=CCOc1ccc(-c2[c-]cc(C)c(=O)n2C)c(C)c1.[Y]. The minimum atomic E-state index is 0. The Morgan fingerprint density at radius 2 is 2.05 bits per heavy atom. The molecule has 0 aliphatic rings. The molecule has 2 aromatic rings. The van der Waals surface area contributed by atoms with E-state index in [2.05, 4.69) is 12.6 Å². The fourth-order valence-electron chi connectivity index (χ4n) is 2.11. The van der Waals surface area contributed by atoms with Gasteiger partial charge in [-0.2, -0.15) is 12.1 Å². The normalized spacial score (nSPS) is 9.86. The molecule has 0 fully saturated rings. The Morgan fingerprint density at radius 1 is 1.33 bits per heavy atom. The molecule has 0 aliphatic carbocycles. The van der Waals surface area contributed by atoms with Gasteiger partial charge >= 0.3 is 0 Å². The van der Waals surface area contributed by atoms with Crippen LogP contribution < -0.4 is 10.3 Å². The number of hydrogen-bond acceptors (Lipinski definition) is 2. The predicted molar refractivity (Wildman–Crippen MR) is 81.1 cm³/mol. The number of aromatic nitrogens is 1. The smallest absolute Gasteiger partial charge is 0.197 e. The van der Waals surface area contributed by atoms with Crippen LogP contribution in [-0.4, -0.2) is 11.2 Å². The van der Waals surface area contributed by atoms with Crippen molar-refractivity contribution >= 4 is 0 Å². The van der Waals surface area contributed by atoms with Crippen molar-refractivity contribution in [2.45, 2.75) is 13.8 Å². The molecule has 107 valence electrons. The molecule has 4 heteroatoms. The molecular weight excluding hydrogens is 339 g/mol. The average Bonchev–Trinajstić information content (AvgIpc) is 2.44. The first-order chi connectivity index (χ1) is 9.54. The van der Waals surface area contributed by atoms with E-state index in [1.807, 2.05) is 25.1 Å². The maximum Gasteiger partial charge on any atom is 0.197 e. The van der Waals surface area contributed by atoms with Crippen molar-refractivity contribution in [2.75, 3.05) is 6.61 Å². The van der Waals surface area contributed by atoms with Crippen molar-refractivity contribution in [1.29, 1.82) is 0 Å². The van der Waals surface area contributed by atoms with Gasteiger partial charge in [0.1, 0.15) is 12.4 Å². The van der Waals surface area contributed by atoms with Gasteiger partial charge in [0.25, 0.3) is 0 Å². The van der Waals surface area contributed by atoms with E-state index < -0.39 is 0 Å². The van der Waals surface area contributed by atoms with E-state index in [4.69, 9.17) is 4.74 Å². The van der Waals surface area contributed by atoms with Gasteiger partial charge in [-0.05, 0) is 12.1 Å². The Morgan fingerprint density at radius 3 is 2.67 bits per heavy atom. The van der Waals surface area contributed by atoms with Gasteiger partial charge in [0.15, 0.2) is 5.56 Å². The second-order valence-corrected chi connectivity index (χ2v) is 4.76. The van der Waals surface area contributed by atoms with E-state index in [9.17, 15) is 4.79 Å². The molecule has 1 heterocycles. The molecule has 0 N–H and O–H groups in total. The summed E-state index contributed by atoms with van der Waals surface area (Å²) in [5.74, 6) is 0.795. The first-order valence-electron chi connectivity index (χ1n) is 6.47. The van der Waals surface area contributed by atoms with Crippen LogP contribution in [0.3, 0.4) is 0 Å². The Labute approximate surface area is 150 Å². The van der Waals surface area contributed by atoms with Gasteiger partial charge in [-0.15, -0.1) is 6.07 Å². The van der Waals surface area contributed by atoms with Crippen LogP contribution in [0.4, 0.5) is 0 Å². The molecule has 1 aromatic carbocycles. The Kier molecular flexibility index (Phi) is 6.57. The summed E-state index contributed by atoms with van der Waals surface area (Å²) in [5.41, 5.74) is 3.51. The molecular formula is C17H18NO2Y-. The molecule has 1 radical (unpaired) electrons. The number of benzene rings is 1. The molecule has 0 amide bonds. The largest absolute Gasteiger partial charge is 0.490 e. The van der Waals surface area contributed by atoms with Gasteiger partial charge in [-0.1, -0.05) is 48.9 Å². The molecule has 0 saturated heterocycles. The van der Waals surface area contributed by atoms with Crippen LogP contribution >= 0.6 is 0 Å². The van der Waals surface area contributed by atoms with Crippen molar-refractivity contribution < 1.29 is 37.4 Å². The molecule has 3 nitrogen and oxygen atoms in total. The van der Waals surface area contributed by atoms with Gasteiger partial charge in [-0.3, -0.25) is 4.79 Å². The minimum absolute atomic E-state index is 0. The third kappa shape index (κ3) is 3.92. The van der Waals surface area contributed by atoms with Gasteiger partial charge in [-0.25, -0.2) is 0 Å².